The third kappa shape index (κ3) is 16.1. The Bertz CT molecular complexity index is 1600. The van der Waals surface area contributed by atoms with E-state index in [-0.39, 0.29) is 58.1 Å². The van der Waals surface area contributed by atoms with E-state index in [1.807, 2.05) is 0 Å². The van der Waals surface area contributed by atoms with Crippen LogP contribution in [0.5, 0.6) is 0 Å². The summed E-state index contributed by atoms with van der Waals surface area (Å²) in [4.78, 5) is 110. The maximum Gasteiger partial charge on any atom is 0.508 e. The van der Waals surface area contributed by atoms with Crippen LogP contribution in [0.3, 0.4) is 0 Å². The molecule has 308 valence electrons. The lowest BCUT2D eigenvalue weighted by Gasteiger charge is -2.27. The Balaban J connectivity index is 1.99. The highest BCUT2D eigenvalue weighted by atomic mass is 16.7. The summed E-state index contributed by atoms with van der Waals surface area (Å²) in [7, 11) is 0. The van der Waals surface area contributed by atoms with Gasteiger partial charge in [-0.2, -0.15) is 0 Å². The number of amides is 8. The molecule has 1 heterocycles. The van der Waals surface area contributed by atoms with E-state index < -0.39 is 83.7 Å². The number of carbonyl (C=O) groups is 9. The summed E-state index contributed by atoms with van der Waals surface area (Å²) in [5.74, 6) is -5.52. The Morgan fingerprint density at radius 3 is 2.04 bits per heavy atom. The van der Waals surface area contributed by atoms with Crippen LogP contribution < -0.4 is 32.3 Å². The number of urea groups is 1. The second-order valence-corrected chi connectivity index (χ2v) is 13.4. The lowest BCUT2D eigenvalue weighted by molar-refractivity contribution is -0.146. The number of hydrogen-bond acceptors (Lipinski definition) is 12. The van der Waals surface area contributed by atoms with Crippen molar-refractivity contribution < 1.29 is 62.5 Å². The molecular weight excluding hydrogens is 738 g/mol. The molecule has 4 atom stereocenters. The van der Waals surface area contributed by atoms with E-state index in [9.17, 15) is 48.3 Å². The van der Waals surface area contributed by atoms with Crippen LogP contribution in [0, 0.1) is 11.8 Å². The standard InChI is InChI=1S/C36H51N7O13/c1-20(2)29(42-26(45)14-17-54-18-16-43-27(46)12-13-28(43)47)33(49)41-25(7-6-15-38-35(37)52)32(48)40-24-10-8-23(9-11-24)19-55-36(53)56-31(21(3)4)30(34(50)51)39-22(5)44/h8-13,20-21,25,29-31H,6-7,14-19H2,1-5H3,(H,39,44)(H,40,48)(H,41,49)(H,42,45)(H,50,51)(H3,37,38,52)/t25-,29-,30-,31+/m0/s1. The summed E-state index contributed by atoms with van der Waals surface area (Å²) < 4.78 is 15.7. The largest absolute Gasteiger partial charge is 0.508 e. The highest BCUT2D eigenvalue weighted by Crippen LogP contribution is 2.16. The molecule has 1 aliphatic heterocycles. The molecule has 0 aromatic heterocycles. The predicted molar refractivity (Wildman–Crippen MR) is 197 cm³/mol. The Labute approximate surface area is 323 Å². The smallest absolute Gasteiger partial charge is 0.480 e. The number of aliphatic carboxylic acids is 1. The average molecular weight is 790 g/mol. The molecule has 0 aliphatic carbocycles. The number of rotatable bonds is 23. The fourth-order valence-corrected chi connectivity index (χ4v) is 5.20. The van der Waals surface area contributed by atoms with Gasteiger partial charge in [0.05, 0.1) is 19.8 Å². The van der Waals surface area contributed by atoms with E-state index in [1.54, 1.807) is 39.8 Å². The van der Waals surface area contributed by atoms with Gasteiger partial charge >= 0.3 is 18.2 Å². The molecule has 1 aromatic rings. The molecule has 8 amide bonds. The van der Waals surface area contributed by atoms with Crippen molar-refractivity contribution in [3.05, 3.63) is 42.0 Å². The number of anilines is 1. The van der Waals surface area contributed by atoms with Crippen molar-refractivity contribution in [2.24, 2.45) is 17.6 Å². The molecule has 0 saturated heterocycles. The summed E-state index contributed by atoms with van der Waals surface area (Å²) in [5, 5.41) is 22.2. The molecule has 0 unspecified atom stereocenters. The molecule has 56 heavy (non-hydrogen) atoms. The Morgan fingerprint density at radius 1 is 0.839 bits per heavy atom. The number of carboxylic acid groups (broad SMARTS) is 1. The number of hydrogen-bond donors (Lipinski definition) is 7. The second kappa shape index (κ2) is 23.0. The Morgan fingerprint density at radius 2 is 1.48 bits per heavy atom. The third-order valence-electron chi connectivity index (χ3n) is 8.12. The van der Waals surface area contributed by atoms with Crippen molar-refractivity contribution in [2.75, 3.05) is 31.6 Å². The number of ether oxygens (including phenoxy) is 3. The molecule has 0 bridgehead atoms. The quantitative estimate of drug-likeness (QED) is 0.0447. The first-order valence-electron chi connectivity index (χ1n) is 17.9. The van der Waals surface area contributed by atoms with Crippen molar-refractivity contribution in [1.29, 1.82) is 0 Å². The van der Waals surface area contributed by atoms with E-state index in [2.05, 4.69) is 26.6 Å². The van der Waals surface area contributed by atoms with Gasteiger partial charge in [-0.1, -0.05) is 39.8 Å². The molecule has 0 radical (unpaired) electrons. The van der Waals surface area contributed by atoms with Crippen LogP contribution in [-0.4, -0.2) is 114 Å². The molecule has 1 aromatic carbocycles. The summed E-state index contributed by atoms with van der Waals surface area (Å²) in [5.41, 5.74) is 5.93. The molecule has 0 fully saturated rings. The van der Waals surface area contributed by atoms with Crippen molar-refractivity contribution in [2.45, 2.75) is 84.7 Å². The van der Waals surface area contributed by atoms with Gasteiger partial charge in [0.1, 0.15) is 24.8 Å². The number of imide groups is 1. The zero-order valence-corrected chi connectivity index (χ0v) is 32.0. The normalized spacial score (nSPS) is 14.4. The van der Waals surface area contributed by atoms with Crippen molar-refractivity contribution in [1.82, 2.24) is 26.2 Å². The monoisotopic (exact) mass is 789 g/mol. The van der Waals surface area contributed by atoms with E-state index >= 15 is 0 Å². The van der Waals surface area contributed by atoms with Gasteiger partial charge < -0.3 is 51.6 Å². The zero-order valence-electron chi connectivity index (χ0n) is 32.0. The van der Waals surface area contributed by atoms with Crippen LogP contribution >= 0.6 is 0 Å². The fraction of sp³-hybridized carbons (Fsp3) is 0.528. The minimum Gasteiger partial charge on any atom is -0.480 e. The van der Waals surface area contributed by atoms with Crippen LogP contribution in [0.15, 0.2) is 36.4 Å². The summed E-state index contributed by atoms with van der Waals surface area (Å²) in [6.45, 7) is 7.63. The SMILES string of the molecule is CC(=O)N[C@H](C(=O)O)[C@H](OC(=O)OCc1ccc(NC(=O)[C@H](CCCNC(N)=O)NC(=O)[C@@H](NC(=O)CCOCCN2C(=O)C=CC2=O)C(C)C)cc1)C(C)C. The third-order valence-corrected chi connectivity index (χ3v) is 8.12. The van der Waals surface area contributed by atoms with E-state index in [0.717, 1.165) is 24.0 Å². The van der Waals surface area contributed by atoms with Crippen molar-refractivity contribution in [3.63, 3.8) is 0 Å². The van der Waals surface area contributed by atoms with E-state index in [4.69, 9.17) is 19.9 Å². The molecule has 1 aliphatic rings. The molecule has 0 saturated carbocycles. The highest BCUT2D eigenvalue weighted by molar-refractivity contribution is 6.12. The minimum absolute atomic E-state index is 0.0184. The average Bonchev–Trinajstić information content (AvgIpc) is 3.44. The number of carboxylic acids is 1. The van der Waals surface area contributed by atoms with Crippen molar-refractivity contribution >= 4 is 59.3 Å². The Hall–Kier alpha value is -6.05. The lowest BCUT2D eigenvalue weighted by atomic mass is 9.99. The number of nitrogens with two attached hydrogens (primary N) is 1. The van der Waals surface area contributed by atoms with Gasteiger partial charge in [0.15, 0.2) is 6.04 Å². The predicted octanol–water partition coefficient (Wildman–Crippen LogP) is 0.298. The van der Waals surface area contributed by atoms with Crippen LogP contribution in [-0.2, 0) is 54.4 Å². The van der Waals surface area contributed by atoms with Gasteiger partial charge in [-0.25, -0.2) is 14.4 Å². The van der Waals surface area contributed by atoms with Gasteiger partial charge in [-0.3, -0.25) is 33.7 Å². The number of carbonyl (C=O) groups excluding carboxylic acids is 8. The second-order valence-electron chi connectivity index (χ2n) is 13.4. The highest BCUT2D eigenvalue weighted by Gasteiger charge is 2.35. The van der Waals surface area contributed by atoms with Crippen molar-refractivity contribution in [3.8, 4) is 0 Å². The van der Waals surface area contributed by atoms with Crippen LogP contribution in [0.4, 0.5) is 15.3 Å². The van der Waals surface area contributed by atoms with Crippen LogP contribution in [0.1, 0.15) is 59.4 Å². The maximum absolute atomic E-state index is 13.4. The molecule has 2 rings (SSSR count). The molecule has 20 nitrogen and oxygen atoms in total. The number of primary amides is 1. The molecule has 0 spiro atoms. The zero-order chi connectivity index (χ0) is 41.9. The summed E-state index contributed by atoms with van der Waals surface area (Å²) in [6, 6.07) is 1.72. The first-order valence-corrected chi connectivity index (χ1v) is 17.9. The van der Waals surface area contributed by atoms with E-state index in [0.29, 0.717) is 11.3 Å². The number of benzene rings is 1. The Kier molecular flexibility index (Phi) is 18.9. The topological polar surface area (TPSA) is 291 Å². The van der Waals surface area contributed by atoms with Crippen LogP contribution in [0.2, 0.25) is 0 Å². The van der Waals surface area contributed by atoms with Crippen LogP contribution in [0.25, 0.3) is 0 Å². The molecular formula is C36H51N7O13. The number of nitrogens with zero attached hydrogens (tertiary/aromatic N) is 1. The fourth-order valence-electron chi connectivity index (χ4n) is 5.20. The van der Waals surface area contributed by atoms with Gasteiger partial charge in [0, 0.05) is 37.7 Å². The van der Waals surface area contributed by atoms with Gasteiger partial charge in [0.25, 0.3) is 11.8 Å². The van der Waals surface area contributed by atoms with E-state index in [1.165, 1.54) is 12.1 Å². The molecule has 20 heteroatoms. The maximum atomic E-state index is 13.4. The van der Waals surface area contributed by atoms with Gasteiger partial charge in [0.2, 0.25) is 23.6 Å². The summed E-state index contributed by atoms with van der Waals surface area (Å²) in [6.07, 6.45) is 0.150. The number of nitrogens with one attached hydrogen (secondary N) is 5. The lowest BCUT2D eigenvalue weighted by Crippen LogP contribution is -2.54. The first kappa shape index (κ1) is 46.1. The van der Waals surface area contributed by atoms with Gasteiger partial charge in [-0.05, 0) is 42.4 Å². The molecule has 8 N–H and O–H groups in total. The minimum atomic E-state index is -1.49. The van der Waals surface area contributed by atoms with Gasteiger partial charge in [-0.15, -0.1) is 0 Å². The first-order chi connectivity index (χ1) is 26.4. The summed E-state index contributed by atoms with van der Waals surface area (Å²) >= 11 is 0.